The lowest BCUT2D eigenvalue weighted by Gasteiger charge is -2.15. The van der Waals surface area contributed by atoms with E-state index in [1.54, 1.807) is 0 Å². The number of carbonyl (C=O) groups excluding carboxylic acids is 1. The number of nitrogens with one attached hydrogen (secondary N) is 1. The molecule has 0 radical (unpaired) electrons. The Labute approximate surface area is 175 Å². The van der Waals surface area contributed by atoms with E-state index in [0.717, 1.165) is 30.8 Å². The van der Waals surface area contributed by atoms with Crippen LogP contribution in [0.25, 0.3) is 11.4 Å². The summed E-state index contributed by atoms with van der Waals surface area (Å²) in [5, 5.41) is 22.9. The zero-order chi connectivity index (χ0) is 20.9. The van der Waals surface area contributed by atoms with Gasteiger partial charge in [0.2, 0.25) is 5.75 Å². The number of aromatic nitrogens is 2. The molecular weight excluding hydrogens is 380 g/mol. The van der Waals surface area contributed by atoms with Gasteiger partial charge in [0, 0.05) is 18.7 Å². The largest absolute Gasteiger partial charge is 0.501 e. The first kappa shape index (κ1) is 19.8. The number of nitrogens with zero attached hydrogens (tertiary/aromatic N) is 3. The van der Waals surface area contributed by atoms with E-state index in [1.807, 2.05) is 54.6 Å². The van der Waals surface area contributed by atoms with Crippen LogP contribution in [0.2, 0.25) is 0 Å². The second-order valence-corrected chi connectivity index (χ2v) is 7.42. The van der Waals surface area contributed by atoms with Crippen molar-refractivity contribution in [3.05, 3.63) is 71.4 Å². The van der Waals surface area contributed by atoms with Crippen molar-refractivity contribution in [3.8, 4) is 23.0 Å². The van der Waals surface area contributed by atoms with E-state index in [0.29, 0.717) is 5.56 Å². The average molecular weight is 404 g/mol. The predicted octanol–water partition coefficient (Wildman–Crippen LogP) is 3.08. The first-order valence-corrected chi connectivity index (χ1v) is 10.0. The van der Waals surface area contributed by atoms with E-state index in [-0.39, 0.29) is 18.1 Å². The van der Waals surface area contributed by atoms with E-state index in [9.17, 15) is 15.0 Å². The van der Waals surface area contributed by atoms with E-state index in [4.69, 9.17) is 0 Å². The highest BCUT2D eigenvalue weighted by molar-refractivity contribution is 5.95. The molecule has 4 rings (SSSR count). The summed E-state index contributed by atoms with van der Waals surface area (Å²) in [6.45, 7) is 3.30. The highest BCUT2D eigenvalue weighted by Crippen LogP contribution is 2.29. The van der Waals surface area contributed by atoms with E-state index >= 15 is 0 Å². The third-order valence-corrected chi connectivity index (χ3v) is 5.17. The Kier molecular flexibility index (Phi) is 5.90. The number of amides is 1. The van der Waals surface area contributed by atoms with Crippen LogP contribution in [-0.4, -0.2) is 44.1 Å². The Hall–Kier alpha value is -3.45. The van der Waals surface area contributed by atoms with Gasteiger partial charge in [-0.25, -0.2) is 4.98 Å². The maximum absolute atomic E-state index is 12.6. The van der Waals surface area contributed by atoms with Crippen molar-refractivity contribution in [1.29, 1.82) is 0 Å². The molecule has 1 amide bonds. The van der Waals surface area contributed by atoms with E-state index in [2.05, 4.69) is 20.2 Å². The molecule has 1 saturated heterocycles. The van der Waals surface area contributed by atoms with Gasteiger partial charge in [0.05, 0.1) is 0 Å². The normalized spacial score (nSPS) is 14.0. The van der Waals surface area contributed by atoms with Crippen LogP contribution in [0.4, 0.5) is 0 Å². The molecule has 30 heavy (non-hydrogen) atoms. The van der Waals surface area contributed by atoms with Gasteiger partial charge in [-0.1, -0.05) is 48.5 Å². The monoisotopic (exact) mass is 404 g/mol. The van der Waals surface area contributed by atoms with E-state index in [1.165, 1.54) is 12.8 Å². The Balaban J connectivity index is 1.56. The zero-order valence-electron chi connectivity index (χ0n) is 16.6. The number of hydrogen-bond acceptors (Lipinski definition) is 6. The summed E-state index contributed by atoms with van der Waals surface area (Å²) >= 11 is 0. The third-order valence-electron chi connectivity index (χ3n) is 5.17. The fourth-order valence-electron chi connectivity index (χ4n) is 3.60. The number of rotatable bonds is 6. The summed E-state index contributed by atoms with van der Waals surface area (Å²) in [4.78, 5) is 23.2. The molecule has 1 fully saturated rings. The van der Waals surface area contributed by atoms with E-state index < -0.39 is 17.5 Å². The van der Waals surface area contributed by atoms with Crippen molar-refractivity contribution in [1.82, 2.24) is 20.2 Å². The predicted molar refractivity (Wildman–Crippen MR) is 113 cm³/mol. The molecule has 0 aliphatic carbocycles. The Bertz CT molecular complexity index is 1030. The summed E-state index contributed by atoms with van der Waals surface area (Å²) < 4.78 is 0. The van der Waals surface area contributed by atoms with Crippen molar-refractivity contribution >= 4 is 5.91 Å². The first-order valence-electron chi connectivity index (χ1n) is 10.0. The Morgan fingerprint density at radius 1 is 0.967 bits per heavy atom. The molecule has 2 aromatic carbocycles. The molecule has 2 heterocycles. The summed E-state index contributed by atoms with van der Waals surface area (Å²) in [7, 11) is 0. The minimum Gasteiger partial charge on any atom is -0.501 e. The average Bonchev–Trinajstić information content (AvgIpc) is 3.28. The van der Waals surface area contributed by atoms with Gasteiger partial charge in [0.25, 0.3) is 11.8 Å². The number of aromatic hydroxyl groups is 2. The van der Waals surface area contributed by atoms with Crippen LogP contribution in [0.5, 0.6) is 11.6 Å². The lowest BCUT2D eigenvalue weighted by Crippen LogP contribution is -2.24. The lowest BCUT2D eigenvalue weighted by molar-refractivity contribution is 0.0942. The molecule has 7 heteroatoms. The van der Waals surface area contributed by atoms with Crippen LogP contribution in [0.1, 0.15) is 34.5 Å². The van der Waals surface area contributed by atoms with Crippen molar-refractivity contribution in [2.75, 3.05) is 13.1 Å². The van der Waals surface area contributed by atoms with Gasteiger partial charge in [0.1, 0.15) is 0 Å². The molecule has 0 bridgehead atoms. The topological polar surface area (TPSA) is 98.6 Å². The molecule has 1 aliphatic rings. The van der Waals surface area contributed by atoms with Crippen LogP contribution < -0.4 is 5.32 Å². The zero-order valence-corrected chi connectivity index (χ0v) is 16.6. The summed E-state index contributed by atoms with van der Waals surface area (Å²) in [5.41, 5.74) is 2.46. The van der Waals surface area contributed by atoms with Gasteiger partial charge < -0.3 is 15.5 Å². The number of benzene rings is 2. The summed E-state index contributed by atoms with van der Waals surface area (Å²) in [6, 6.07) is 17.1. The molecule has 0 spiro atoms. The second-order valence-electron chi connectivity index (χ2n) is 7.42. The van der Waals surface area contributed by atoms with Crippen LogP contribution >= 0.6 is 0 Å². The SMILES string of the molecule is O=C(NCc1ccccc1)c1nc(-c2cccc(CN3CCCC3)c2)nc(O)c1O. The standard InChI is InChI=1S/C23H24N4O3/c28-20-19(22(29)24-14-16-7-2-1-3-8-16)25-21(26-23(20)30)18-10-6-9-17(13-18)15-27-11-4-5-12-27/h1-3,6-10,13,28H,4-5,11-12,14-15H2,(H,24,29)(H,25,26,30). The van der Waals surface area contributed by atoms with Crippen molar-refractivity contribution in [3.63, 3.8) is 0 Å². The fraction of sp³-hybridized carbons (Fsp3) is 0.261. The van der Waals surface area contributed by atoms with Crippen molar-refractivity contribution < 1.29 is 15.0 Å². The molecule has 0 saturated carbocycles. The minimum atomic E-state index is -0.627. The molecule has 0 atom stereocenters. The number of likely N-dealkylation sites (tertiary alicyclic amines) is 1. The first-order chi connectivity index (χ1) is 14.6. The molecule has 0 unspecified atom stereocenters. The minimum absolute atomic E-state index is 0.193. The molecule has 7 nitrogen and oxygen atoms in total. The second kappa shape index (κ2) is 8.92. The third kappa shape index (κ3) is 4.58. The van der Waals surface area contributed by atoms with Crippen LogP contribution in [0.15, 0.2) is 54.6 Å². The van der Waals surface area contributed by atoms with Gasteiger partial charge in [-0.2, -0.15) is 4.98 Å². The Morgan fingerprint density at radius 3 is 2.47 bits per heavy atom. The highest BCUT2D eigenvalue weighted by atomic mass is 16.3. The van der Waals surface area contributed by atoms with Crippen molar-refractivity contribution in [2.24, 2.45) is 0 Å². The smallest absolute Gasteiger partial charge is 0.274 e. The Morgan fingerprint density at radius 2 is 1.70 bits per heavy atom. The van der Waals surface area contributed by atoms with Crippen LogP contribution in [0, 0.1) is 0 Å². The maximum Gasteiger partial charge on any atom is 0.274 e. The fourth-order valence-corrected chi connectivity index (χ4v) is 3.60. The molecule has 1 aliphatic heterocycles. The number of hydrogen-bond donors (Lipinski definition) is 3. The molecule has 3 N–H and O–H groups in total. The summed E-state index contributed by atoms with van der Waals surface area (Å²) in [5.74, 6) is -1.63. The van der Waals surface area contributed by atoms with Gasteiger partial charge in [-0.15, -0.1) is 0 Å². The van der Waals surface area contributed by atoms with Gasteiger partial charge in [-0.3, -0.25) is 9.69 Å². The van der Waals surface area contributed by atoms with Gasteiger partial charge >= 0.3 is 0 Å². The number of carbonyl (C=O) groups is 1. The summed E-state index contributed by atoms with van der Waals surface area (Å²) in [6.07, 6.45) is 2.44. The quantitative estimate of drug-likeness (QED) is 0.584. The molecular formula is C23H24N4O3. The van der Waals surface area contributed by atoms with Gasteiger partial charge in [-0.05, 0) is 43.1 Å². The molecule has 154 valence electrons. The maximum atomic E-state index is 12.6. The van der Waals surface area contributed by atoms with Crippen LogP contribution in [0.3, 0.4) is 0 Å². The highest BCUT2D eigenvalue weighted by Gasteiger charge is 2.20. The van der Waals surface area contributed by atoms with Gasteiger partial charge in [0.15, 0.2) is 11.5 Å². The lowest BCUT2D eigenvalue weighted by atomic mass is 10.1. The van der Waals surface area contributed by atoms with Crippen molar-refractivity contribution in [2.45, 2.75) is 25.9 Å². The molecule has 3 aromatic rings. The van der Waals surface area contributed by atoms with Crippen LogP contribution in [-0.2, 0) is 13.1 Å². The molecule has 1 aromatic heterocycles.